The number of hydrogen-bond acceptors (Lipinski definition) is 3. The van der Waals surface area contributed by atoms with Gasteiger partial charge in [0.15, 0.2) is 0 Å². The summed E-state index contributed by atoms with van der Waals surface area (Å²) < 4.78 is 0. The fraction of sp³-hybridized carbons (Fsp3) is 0.941. The Hall–Kier alpha value is -0.610. The number of carbonyl (C=O) groups excluding carboxylic acids is 1. The molecule has 4 fully saturated rings. The number of nitrogens with zero attached hydrogens (tertiary/aromatic N) is 2. The molecule has 0 aromatic carbocycles. The average molecular weight is 291 g/mol. The summed E-state index contributed by atoms with van der Waals surface area (Å²) in [7, 11) is 0. The van der Waals surface area contributed by atoms with Gasteiger partial charge in [0.25, 0.3) is 0 Å². The Bertz CT molecular complexity index is 426. The second-order valence-electron chi connectivity index (χ2n) is 8.22. The molecule has 3 saturated heterocycles. The first kappa shape index (κ1) is 14.0. The van der Waals surface area contributed by atoms with E-state index in [1.807, 2.05) is 0 Å². The van der Waals surface area contributed by atoms with Crippen LogP contribution in [0.2, 0.25) is 0 Å². The average Bonchev–Trinajstić information content (AvgIpc) is 3.30. The molecule has 3 heterocycles. The van der Waals surface area contributed by atoms with Gasteiger partial charge in [-0.25, -0.2) is 0 Å². The summed E-state index contributed by atoms with van der Waals surface area (Å²) >= 11 is 0. The highest BCUT2D eigenvalue weighted by Gasteiger charge is 2.55. The van der Waals surface area contributed by atoms with Crippen LogP contribution in [0.15, 0.2) is 0 Å². The van der Waals surface area contributed by atoms with Crippen LogP contribution in [-0.4, -0.2) is 60.0 Å². The molecule has 0 unspecified atom stereocenters. The first-order valence-corrected chi connectivity index (χ1v) is 8.87. The number of likely N-dealkylation sites (tertiary alicyclic amines) is 2. The highest BCUT2D eigenvalue weighted by atomic mass is 16.2. The highest BCUT2D eigenvalue weighted by molar-refractivity contribution is 5.86. The topological polar surface area (TPSA) is 45.5 Å². The molecule has 3 aliphatic heterocycles. The van der Waals surface area contributed by atoms with Crippen LogP contribution < -0.4 is 5.32 Å². The zero-order valence-electron chi connectivity index (χ0n) is 13.5. The predicted molar refractivity (Wildman–Crippen MR) is 83.0 cm³/mol. The molecule has 1 saturated carbocycles. The largest absolute Gasteiger partial charge is 0.340 e. The van der Waals surface area contributed by atoms with E-state index < -0.39 is 0 Å². The monoisotopic (exact) mass is 291 g/mol. The Labute approximate surface area is 128 Å². The van der Waals surface area contributed by atoms with E-state index in [-0.39, 0.29) is 6.04 Å². The lowest BCUT2D eigenvalue weighted by atomic mass is 9.75. The lowest BCUT2D eigenvalue weighted by molar-refractivity contribution is -0.144. The van der Waals surface area contributed by atoms with Crippen molar-refractivity contribution in [2.45, 2.75) is 64.1 Å². The van der Waals surface area contributed by atoms with E-state index in [9.17, 15) is 4.79 Å². The van der Waals surface area contributed by atoms with Gasteiger partial charge in [-0.15, -0.1) is 0 Å². The minimum Gasteiger partial charge on any atom is -0.340 e. The molecule has 118 valence electrons. The van der Waals surface area contributed by atoms with Crippen LogP contribution >= 0.6 is 0 Å². The molecule has 1 spiro atoms. The number of rotatable bonds is 3. The molecule has 1 amide bonds. The third-order valence-electron chi connectivity index (χ3n) is 6.05. The molecule has 0 aromatic heterocycles. The van der Waals surface area contributed by atoms with Crippen molar-refractivity contribution in [2.24, 2.45) is 11.3 Å². The first-order valence-electron chi connectivity index (χ1n) is 8.87. The second kappa shape index (κ2) is 4.95. The minimum absolute atomic E-state index is 0.168. The molecule has 1 N–H and O–H groups in total. The van der Waals surface area contributed by atoms with Crippen LogP contribution in [0, 0.1) is 11.3 Å². The van der Waals surface area contributed by atoms with Gasteiger partial charge in [0, 0.05) is 37.1 Å². The van der Waals surface area contributed by atoms with Crippen molar-refractivity contribution in [2.75, 3.05) is 26.2 Å². The van der Waals surface area contributed by atoms with E-state index in [1.165, 1.54) is 45.2 Å². The lowest BCUT2D eigenvalue weighted by Gasteiger charge is -2.52. The van der Waals surface area contributed by atoms with Gasteiger partial charge in [0.2, 0.25) is 5.91 Å². The summed E-state index contributed by atoms with van der Waals surface area (Å²) in [4.78, 5) is 17.3. The fourth-order valence-corrected chi connectivity index (χ4v) is 4.46. The quantitative estimate of drug-likeness (QED) is 0.801. The van der Waals surface area contributed by atoms with Gasteiger partial charge >= 0.3 is 0 Å². The van der Waals surface area contributed by atoms with E-state index in [0.29, 0.717) is 23.4 Å². The molecule has 4 nitrogen and oxygen atoms in total. The number of carbonyl (C=O) groups is 1. The Morgan fingerprint density at radius 1 is 1.19 bits per heavy atom. The number of nitrogens with one attached hydrogen (secondary N) is 1. The first-order chi connectivity index (χ1) is 10.1. The summed E-state index contributed by atoms with van der Waals surface area (Å²) in [5.41, 5.74) is 0.403. The van der Waals surface area contributed by atoms with Crippen molar-refractivity contribution in [1.82, 2.24) is 15.1 Å². The summed E-state index contributed by atoms with van der Waals surface area (Å²) in [6.45, 7) is 9.04. The summed E-state index contributed by atoms with van der Waals surface area (Å²) in [6, 6.07) is 1.33. The molecule has 0 bridgehead atoms. The summed E-state index contributed by atoms with van der Waals surface area (Å²) in [5.74, 6) is 1.20. The van der Waals surface area contributed by atoms with Crippen LogP contribution in [0.1, 0.15) is 46.0 Å². The maximum atomic E-state index is 12.5. The van der Waals surface area contributed by atoms with Crippen molar-refractivity contribution in [3.8, 4) is 0 Å². The molecular weight excluding hydrogens is 262 g/mol. The molecule has 4 aliphatic rings. The number of hydrogen-bond donors (Lipinski definition) is 1. The third-order valence-corrected chi connectivity index (χ3v) is 6.05. The Morgan fingerprint density at radius 2 is 1.95 bits per heavy atom. The predicted octanol–water partition coefficient (Wildman–Crippen LogP) is 1.46. The Kier molecular flexibility index (Phi) is 3.30. The van der Waals surface area contributed by atoms with Gasteiger partial charge in [-0.3, -0.25) is 10.1 Å². The Morgan fingerprint density at radius 3 is 2.62 bits per heavy atom. The van der Waals surface area contributed by atoms with Gasteiger partial charge in [0.05, 0.1) is 0 Å². The van der Waals surface area contributed by atoms with Crippen molar-refractivity contribution in [1.29, 1.82) is 0 Å². The van der Waals surface area contributed by atoms with Gasteiger partial charge in [-0.05, 0) is 52.0 Å². The lowest BCUT2D eigenvalue weighted by Crippen LogP contribution is -2.63. The standard InChI is InChI=1S/C17H29N3O/c1-12(2)19-8-4-3-7-17(9-19)10-20(11-17)16(21)15-14(18-15)13-5-6-13/h12-15,18H,3-11H2,1-2H3/t14-,15+/m0/s1. The normalized spacial score (nSPS) is 35.7. The molecule has 0 aromatic rings. The zero-order chi connectivity index (χ0) is 14.6. The summed E-state index contributed by atoms with van der Waals surface area (Å²) in [5, 5.41) is 3.41. The van der Waals surface area contributed by atoms with E-state index in [1.54, 1.807) is 0 Å². The second-order valence-corrected chi connectivity index (χ2v) is 8.22. The molecule has 21 heavy (non-hydrogen) atoms. The smallest absolute Gasteiger partial charge is 0.241 e. The highest BCUT2D eigenvalue weighted by Crippen LogP contribution is 2.43. The third kappa shape index (κ3) is 2.61. The van der Waals surface area contributed by atoms with Crippen molar-refractivity contribution >= 4 is 5.91 Å². The van der Waals surface area contributed by atoms with Crippen molar-refractivity contribution in [3.05, 3.63) is 0 Å². The van der Waals surface area contributed by atoms with Crippen LogP contribution in [0.4, 0.5) is 0 Å². The van der Waals surface area contributed by atoms with E-state index >= 15 is 0 Å². The van der Waals surface area contributed by atoms with E-state index in [2.05, 4.69) is 29.0 Å². The van der Waals surface area contributed by atoms with Crippen LogP contribution in [0.5, 0.6) is 0 Å². The van der Waals surface area contributed by atoms with Gasteiger partial charge in [0.1, 0.15) is 6.04 Å². The molecule has 4 heteroatoms. The molecule has 4 rings (SSSR count). The SMILES string of the molecule is CC(C)N1CCCCC2(CN(C(=O)[C@@H]3N[C@H]3C3CC3)C2)C1. The molecular formula is C17H29N3O. The van der Waals surface area contributed by atoms with Gasteiger partial charge < -0.3 is 9.80 Å². The van der Waals surface area contributed by atoms with Crippen LogP contribution in [-0.2, 0) is 4.79 Å². The maximum Gasteiger partial charge on any atom is 0.241 e. The fourth-order valence-electron chi connectivity index (χ4n) is 4.46. The maximum absolute atomic E-state index is 12.5. The zero-order valence-corrected chi connectivity index (χ0v) is 13.5. The molecule has 1 aliphatic carbocycles. The van der Waals surface area contributed by atoms with Crippen LogP contribution in [0.3, 0.4) is 0 Å². The Balaban J connectivity index is 1.33. The van der Waals surface area contributed by atoms with Crippen LogP contribution in [0.25, 0.3) is 0 Å². The minimum atomic E-state index is 0.168. The van der Waals surface area contributed by atoms with Gasteiger partial charge in [-0.1, -0.05) is 6.42 Å². The molecule has 0 radical (unpaired) electrons. The molecule has 2 atom stereocenters. The van der Waals surface area contributed by atoms with Gasteiger partial charge in [-0.2, -0.15) is 0 Å². The number of amides is 1. The van der Waals surface area contributed by atoms with E-state index in [4.69, 9.17) is 0 Å². The summed E-state index contributed by atoms with van der Waals surface area (Å²) in [6.07, 6.45) is 6.62. The van der Waals surface area contributed by atoms with Crippen molar-refractivity contribution in [3.63, 3.8) is 0 Å². The van der Waals surface area contributed by atoms with Crippen molar-refractivity contribution < 1.29 is 4.79 Å². The van der Waals surface area contributed by atoms with E-state index in [0.717, 1.165) is 19.0 Å².